The van der Waals surface area contributed by atoms with Gasteiger partial charge in [0.05, 0.1) is 21.8 Å². The molecule has 2 aromatic carbocycles. The van der Waals surface area contributed by atoms with Gasteiger partial charge >= 0.3 is 5.97 Å². The quantitative estimate of drug-likeness (QED) is 0.481. The van der Waals surface area contributed by atoms with Crippen molar-refractivity contribution in [3.63, 3.8) is 0 Å². The Bertz CT molecular complexity index is 1140. The summed E-state index contributed by atoms with van der Waals surface area (Å²) in [6, 6.07) is 7.95. The highest BCUT2D eigenvalue weighted by molar-refractivity contribution is 7.91. The molecule has 0 aliphatic rings. The largest absolute Gasteiger partial charge is 0.478 e. The Balaban J connectivity index is 2.50. The summed E-state index contributed by atoms with van der Waals surface area (Å²) < 4.78 is 44.5. The fraction of sp³-hybridized carbons (Fsp3) is 0.348. The van der Waals surface area contributed by atoms with E-state index in [2.05, 4.69) is 11.8 Å². The van der Waals surface area contributed by atoms with Gasteiger partial charge in [0.15, 0.2) is 15.9 Å². The fourth-order valence-electron chi connectivity index (χ4n) is 2.74. The number of ether oxygens (including phenoxy) is 1. The first-order chi connectivity index (χ1) is 14.3. The van der Waals surface area contributed by atoms with E-state index in [9.17, 15) is 22.7 Å². The highest BCUT2D eigenvalue weighted by Gasteiger charge is 2.33. The summed E-state index contributed by atoms with van der Waals surface area (Å²) in [5, 5.41) is 9.85. The Labute approximate surface area is 187 Å². The molecule has 0 aliphatic carbocycles. The average Bonchev–Trinajstić information content (AvgIpc) is 2.65. The van der Waals surface area contributed by atoms with Gasteiger partial charge < -0.3 is 9.84 Å². The first-order valence-electron chi connectivity index (χ1n) is 9.58. The van der Waals surface area contributed by atoms with Crippen LogP contribution in [0.1, 0.15) is 45.2 Å². The van der Waals surface area contributed by atoms with Crippen LogP contribution in [0.25, 0.3) is 0 Å². The van der Waals surface area contributed by atoms with Crippen molar-refractivity contribution < 1.29 is 27.4 Å². The van der Waals surface area contributed by atoms with Gasteiger partial charge in [0.1, 0.15) is 11.6 Å². The third kappa shape index (κ3) is 6.46. The van der Waals surface area contributed by atoms with Crippen molar-refractivity contribution in [2.75, 3.05) is 5.75 Å². The van der Waals surface area contributed by atoms with Crippen molar-refractivity contribution in [2.24, 2.45) is 5.41 Å². The second kappa shape index (κ2) is 9.71. The first kappa shape index (κ1) is 24.7. The summed E-state index contributed by atoms with van der Waals surface area (Å²) in [7, 11) is -3.53. The van der Waals surface area contributed by atoms with E-state index in [0.717, 1.165) is 6.07 Å². The Hall–Kier alpha value is -2.56. The molecule has 0 spiro atoms. The van der Waals surface area contributed by atoms with Crippen LogP contribution in [0.4, 0.5) is 4.39 Å². The molecule has 1 unspecified atom stereocenters. The van der Waals surface area contributed by atoms with E-state index in [-0.39, 0.29) is 27.5 Å². The summed E-state index contributed by atoms with van der Waals surface area (Å²) in [6.45, 7) is 6.92. The molecule has 5 nitrogen and oxygen atoms in total. The lowest BCUT2D eigenvalue weighted by Gasteiger charge is -2.28. The van der Waals surface area contributed by atoms with Crippen molar-refractivity contribution in [1.82, 2.24) is 0 Å². The normalized spacial score (nSPS) is 12.6. The van der Waals surface area contributed by atoms with E-state index in [0.29, 0.717) is 11.4 Å². The Kier molecular flexibility index (Phi) is 7.74. The van der Waals surface area contributed by atoms with Crippen LogP contribution in [0.3, 0.4) is 0 Å². The van der Waals surface area contributed by atoms with Crippen molar-refractivity contribution in [3.8, 4) is 17.6 Å². The zero-order valence-corrected chi connectivity index (χ0v) is 19.3. The topological polar surface area (TPSA) is 80.7 Å². The van der Waals surface area contributed by atoms with E-state index in [1.54, 1.807) is 27.7 Å². The number of aliphatic carboxylic acids is 1. The number of hydrogen-bond donors (Lipinski definition) is 1. The molecule has 0 heterocycles. The zero-order chi connectivity index (χ0) is 23.4. The molecular formula is C23H24ClFO5S. The molecule has 0 fully saturated rings. The molecule has 166 valence electrons. The second-order valence-corrected chi connectivity index (χ2v) is 10.6. The average molecular weight is 467 g/mol. The predicted molar refractivity (Wildman–Crippen MR) is 118 cm³/mol. The van der Waals surface area contributed by atoms with Crippen LogP contribution in [-0.2, 0) is 14.6 Å². The lowest BCUT2D eigenvalue weighted by Crippen LogP contribution is -2.39. The number of carbonyl (C=O) groups is 1. The van der Waals surface area contributed by atoms with Gasteiger partial charge in [-0.3, -0.25) is 0 Å². The lowest BCUT2D eigenvalue weighted by atomic mass is 9.89. The van der Waals surface area contributed by atoms with Gasteiger partial charge in [0, 0.05) is 10.4 Å². The number of hydrogen-bond acceptors (Lipinski definition) is 4. The maximum Gasteiger partial charge on any atom is 0.345 e. The summed E-state index contributed by atoms with van der Waals surface area (Å²) in [5.41, 5.74) is -0.553. The molecule has 0 aliphatic heterocycles. The third-order valence-electron chi connectivity index (χ3n) is 4.30. The number of carboxylic acids is 1. The van der Waals surface area contributed by atoms with Crippen molar-refractivity contribution in [1.29, 1.82) is 0 Å². The maximum absolute atomic E-state index is 14.3. The zero-order valence-electron chi connectivity index (χ0n) is 17.7. The molecule has 31 heavy (non-hydrogen) atoms. The highest BCUT2D eigenvalue weighted by atomic mass is 35.5. The SMILES string of the molecule is CCCS(=O)(=O)c1ccc(F)c(C#Cc2cc(Cl)ccc2OC(C(=O)O)C(C)(C)C)c1. The van der Waals surface area contributed by atoms with Crippen LogP contribution in [0, 0.1) is 23.1 Å². The third-order valence-corrected chi connectivity index (χ3v) is 6.45. The maximum atomic E-state index is 14.3. The molecule has 0 aromatic heterocycles. The van der Waals surface area contributed by atoms with Gasteiger partial charge in [-0.05, 0) is 42.8 Å². The molecule has 2 aromatic rings. The van der Waals surface area contributed by atoms with Gasteiger partial charge in [-0.1, -0.05) is 51.1 Å². The van der Waals surface area contributed by atoms with Crippen molar-refractivity contribution in [3.05, 3.63) is 58.4 Å². The van der Waals surface area contributed by atoms with E-state index in [4.69, 9.17) is 16.3 Å². The van der Waals surface area contributed by atoms with Crippen LogP contribution in [-0.4, -0.2) is 31.4 Å². The first-order valence-corrected chi connectivity index (χ1v) is 11.6. The molecule has 0 radical (unpaired) electrons. The van der Waals surface area contributed by atoms with Crippen LogP contribution in [0.5, 0.6) is 5.75 Å². The molecule has 0 bridgehead atoms. The number of benzene rings is 2. The van der Waals surface area contributed by atoms with Crippen LogP contribution < -0.4 is 4.74 Å². The summed E-state index contributed by atoms with van der Waals surface area (Å²) in [6.07, 6.45) is -0.726. The van der Waals surface area contributed by atoms with Crippen LogP contribution in [0.2, 0.25) is 5.02 Å². The predicted octanol–water partition coefficient (Wildman–Crippen LogP) is 4.94. The minimum Gasteiger partial charge on any atom is -0.478 e. The van der Waals surface area contributed by atoms with Gasteiger partial charge in [0.25, 0.3) is 0 Å². The lowest BCUT2D eigenvalue weighted by molar-refractivity contribution is -0.150. The standard InChI is InChI=1S/C23H24ClFO5S/c1-5-12-31(28,29)18-9-10-19(25)15(14-18)6-7-16-13-17(24)8-11-20(16)30-21(22(26)27)23(2,3)4/h8-11,13-14,21H,5,12H2,1-4H3,(H,26,27). The van der Waals surface area contributed by atoms with Crippen LogP contribution >= 0.6 is 11.6 Å². The second-order valence-electron chi connectivity index (χ2n) is 8.05. The van der Waals surface area contributed by atoms with Crippen molar-refractivity contribution in [2.45, 2.75) is 45.1 Å². The molecule has 0 saturated carbocycles. The number of rotatable bonds is 6. The minimum absolute atomic E-state index is 0.0127. The Morgan fingerprint density at radius 1 is 1.16 bits per heavy atom. The molecule has 0 amide bonds. The van der Waals surface area contributed by atoms with E-state index in [1.165, 1.54) is 30.3 Å². The minimum atomic E-state index is -3.53. The van der Waals surface area contributed by atoms with Gasteiger partial charge in [-0.15, -0.1) is 0 Å². The molecule has 0 saturated heterocycles. The highest BCUT2D eigenvalue weighted by Crippen LogP contribution is 2.29. The van der Waals surface area contributed by atoms with E-state index < -0.39 is 33.1 Å². The Morgan fingerprint density at radius 2 is 1.81 bits per heavy atom. The molecule has 2 rings (SSSR count). The summed E-state index contributed by atoms with van der Waals surface area (Å²) >= 11 is 6.05. The Morgan fingerprint density at radius 3 is 2.39 bits per heavy atom. The molecule has 1 atom stereocenters. The molecular weight excluding hydrogens is 443 g/mol. The van der Waals surface area contributed by atoms with Gasteiger partial charge in [0.2, 0.25) is 0 Å². The number of sulfone groups is 1. The monoisotopic (exact) mass is 466 g/mol. The van der Waals surface area contributed by atoms with E-state index in [1.807, 2.05) is 0 Å². The van der Waals surface area contributed by atoms with Crippen LogP contribution in [0.15, 0.2) is 41.3 Å². The summed E-state index contributed by atoms with van der Waals surface area (Å²) in [5.74, 6) is 3.66. The number of carboxylic acid groups (broad SMARTS) is 1. The van der Waals surface area contributed by atoms with E-state index >= 15 is 0 Å². The van der Waals surface area contributed by atoms with Gasteiger partial charge in [-0.2, -0.15) is 0 Å². The fourth-order valence-corrected chi connectivity index (χ4v) is 4.26. The molecule has 8 heteroatoms. The van der Waals surface area contributed by atoms with Crippen molar-refractivity contribution >= 4 is 27.4 Å². The smallest absolute Gasteiger partial charge is 0.345 e. The summed E-state index contributed by atoms with van der Waals surface area (Å²) in [4.78, 5) is 11.6. The number of halogens is 2. The molecule has 1 N–H and O–H groups in total. The van der Waals surface area contributed by atoms with Gasteiger partial charge in [-0.25, -0.2) is 17.6 Å².